The topological polar surface area (TPSA) is 66.8 Å². The quantitative estimate of drug-likeness (QED) is 0.340. The van der Waals surface area contributed by atoms with Crippen LogP contribution in [0.15, 0.2) is 83.8 Å². The number of nitrogens with zero attached hydrogens (tertiary/aromatic N) is 3. The third-order valence-corrected chi connectivity index (χ3v) is 7.48. The number of fused-ring (bicyclic) bond motifs is 1. The van der Waals surface area contributed by atoms with E-state index in [-0.39, 0.29) is 11.5 Å². The van der Waals surface area contributed by atoms with Crippen LogP contribution in [0.3, 0.4) is 0 Å². The van der Waals surface area contributed by atoms with Gasteiger partial charge in [0.25, 0.3) is 11.5 Å². The fourth-order valence-corrected chi connectivity index (χ4v) is 5.45. The molecule has 5 rings (SSSR count). The third-order valence-electron chi connectivity index (χ3n) is 7.48. The van der Waals surface area contributed by atoms with Crippen molar-refractivity contribution in [3.8, 4) is 11.4 Å². The molecule has 1 amide bonds. The number of rotatable bonds is 8. The lowest BCUT2D eigenvalue weighted by Crippen LogP contribution is -2.52. The zero-order valence-corrected chi connectivity index (χ0v) is 22.9. The van der Waals surface area contributed by atoms with Crippen molar-refractivity contribution < 1.29 is 9.53 Å². The largest absolute Gasteiger partial charge is 0.497 e. The Morgan fingerprint density at radius 3 is 2.51 bits per heavy atom. The number of ether oxygens (including phenoxy) is 1. The van der Waals surface area contributed by atoms with E-state index >= 15 is 0 Å². The molecule has 0 saturated carbocycles. The van der Waals surface area contributed by atoms with E-state index in [1.807, 2.05) is 36.4 Å². The van der Waals surface area contributed by atoms with Gasteiger partial charge in [0, 0.05) is 60.9 Å². The van der Waals surface area contributed by atoms with Crippen LogP contribution in [0.2, 0.25) is 0 Å². The summed E-state index contributed by atoms with van der Waals surface area (Å²) >= 11 is 0. The molecule has 7 nitrogen and oxygen atoms in total. The Morgan fingerprint density at radius 1 is 0.974 bits per heavy atom. The lowest BCUT2D eigenvalue weighted by Gasteiger charge is -2.41. The fourth-order valence-electron chi connectivity index (χ4n) is 5.45. The maximum Gasteiger partial charge on any atom is 0.262 e. The summed E-state index contributed by atoms with van der Waals surface area (Å²) in [6.07, 6.45) is 2.50. The first kappa shape index (κ1) is 26.5. The van der Waals surface area contributed by atoms with Gasteiger partial charge in [-0.25, -0.2) is 0 Å². The van der Waals surface area contributed by atoms with Crippen molar-refractivity contribution in [3.05, 3.63) is 100 Å². The second kappa shape index (κ2) is 11.7. The van der Waals surface area contributed by atoms with E-state index < -0.39 is 0 Å². The van der Waals surface area contributed by atoms with E-state index in [1.165, 1.54) is 15.8 Å². The van der Waals surface area contributed by atoms with E-state index in [2.05, 4.69) is 53.2 Å². The van der Waals surface area contributed by atoms with Gasteiger partial charge in [0.1, 0.15) is 5.75 Å². The first-order chi connectivity index (χ1) is 18.9. The van der Waals surface area contributed by atoms with E-state index in [4.69, 9.17) is 4.74 Å². The summed E-state index contributed by atoms with van der Waals surface area (Å²) in [5.74, 6) is 0.466. The predicted molar refractivity (Wildman–Crippen MR) is 157 cm³/mol. The monoisotopic (exact) mass is 524 g/mol. The Kier molecular flexibility index (Phi) is 7.98. The van der Waals surface area contributed by atoms with Crippen molar-refractivity contribution in [3.63, 3.8) is 0 Å². The molecule has 0 bridgehead atoms. The first-order valence-electron chi connectivity index (χ1n) is 13.6. The van der Waals surface area contributed by atoms with Crippen LogP contribution in [0.25, 0.3) is 16.5 Å². The highest BCUT2D eigenvalue weighted by atomic mass is 16.5. The smallest absolute Gasteiger partial charge is 0.262 e. The molecule has 7 heteroatoms. The number of aromatic nitrogens is 1. The van der Waals surface area contributed by atoms with Gasteiger partial charge in [-0.2, -0.15) is 0 Å². The van der Waals surface area contributed by atoms with Gasteiger partial charge >= 0.3 is 0 Å². The number of piperazine rings is 1. The summed E-state index contributed by atoms with van der Waals surface area (Å²) in [5, 5.41) is 4.25. The maximum atomic E-state index is 13.3. The van der Waals surface area contributed by atoms with Crippen molar-refractivity contribution in [2.24, 2.45) is 0 Å². The summed E-state index contributed by atoms with van der Waals surface area (Å²) in [4.78, 5) is 31.6. The minimum Gasteiger partial charge on any atom is -0.497 e. The molecular weight excluding hydrogens is 488 g/mol. The first-order valence-corrected chi connectivity index (χ1v) is 13.6. The van der Waals surface area contributed by atoms with Crippen LogP contribution in [0.5, 0.6) is 5.75 Å². The van der Waals surface area contributed by atoms with Gasteiger partial charge in [-0.3, -0.25) is 19.1 Å². The average Bonchev–Trinajstić information content (AvgIpc) is 2.95. The van der Waals surface area contributed by atoms with Gasteiger partial charge < -0.3 is 15.0 Å². The van der Waals surface area contributed by atoms with Gasteiger partial charge in [0.15, 0.2) is 0 Å². The molecule has 1 aliphatic rings. The summed E-state index contributed by atoms with van der Waals surface area (Å²) in [6, 6.07) is 23.7. The number of aryl methyl sites for hydroxylation is 1. The Labute approximate surface area is 229 Å². The normalized spacial score (nSPS) is 15.9. The minimum absolute atomic E-state index is 0.172. The van der Waals surface area contributed by atoms with Crippen LogP contribution in [0, 0.1) is 6.92 Å². The molecule has 1 fully saturated rings. The van der Waals surface area contributed by atoms with Crippen molar-refractivity contribution in [1.29, 1.82) is 0 Å². The number of carbonyl (C=O) groups is 1. The summed E-state index contributed by atoms with van der Waals surface area (Å²) in [7, 11) is 1.59. The number of hydrogen-bond donors (Lipinski definition) is 1. The zero-order valence-electron chi connectivity index (χ0n) is 22.9. The Bertz CT molecular complexity index is 1530. The highest BCUT2D eigenvalue weighted by molar-refractivity contribution is 6.06. The molecule has 1 N–H and O–H groups in total. The molecule has 39 heavy (non-hydrogen) atoms. The molecule has 1 aromatic heterocycles. The lowest BCUT2D eigenvalue weighted by atomic mass is 10.1. The molecule has 2 heterocycles. The number of carbonyl (C=O) groups excluding carboxylic acids is 1. The number of methoxy groups -OCH3 is 1. The number of pyridine rings is 1. The van der Waals surface area contributed by atoms with E-state index in [9.17, 15) is 9.59 Å². The number of amides is 1. The van der Waals surface area contributed by atoms with E-state index in [1.54, 1.807) is 25.4 Å². The molecule has 4 aromatic rings. The standard InChI is InChI=1S/C32H36N4O3/c1-23-9-6-10-25(19-23)35-18-17-34(21-24(35)2)16-8-15-33-31(37)30-22-36(26-11-7-12-27(20-26)39-3)32(38)29-14-5-4-13-28(29)30/h4-7,9-14,19-20,22,24H,8,15-18,21H2,1-3H3,(H,33,37)/t24-/m0/s1. The van der Waals surface area contributed by atoms with Crippen LogP contribution < -0.4 is 20.5 Å². The van der Waals surface area contributed by atoms with Crippen LogP contribution in [-0.2, 0) is 0 Å². The number of hydrogen-bond acceptors (Lipinski definition) is 5. The van der Waals surface area contributed by atoms with Crippen molar-refractivity contribution in [2.45, 2.75) is 26.3 Å². The second-order valence-electron chi connectivity index (χ2n) is 10.3. The average molecular weight is 525 g/mol. The molecule has 0 radical (unpaired) electrons. The summed E-state index contributed by atoms with van der Waals surface area (Å²) < 4.78 is 6.86. The van der Waals surface area contributed by atoms with Crippen LogP contribution in [0.4, 0.5) is 5.69 Å². The van der Waals surface area contributed by atoms with Crippen molar-refractivity contribution in [1.82, 2.24) is 14.8 Å². The van der Waals surface area contributed by atoms with E-state index in [0.717, 1.165) is 32.6 Å². The lowest BCUT2D eigenvalue weighted by molar-refractivity contribution is 0.0952. The molecule has 0 aliphatic carbocycles. The molecule has 0 spiro atoms. The predicted octanol–water partition coefficient (Wildman–Crippen LogP) is 4.64. The minimum atomic E-state index is -0.180. The van der Waals surface area contributed by atoms with Gasteiger partial charge in [0.05, 0.1) is 18.4 Å². The molecule has 0 unspecified atom stereocenters. The second-order valence-corrected chi connectivity index (χ2v) is 10.3. The van der Waals surface area contributed by atoms with Crippen LogP contribution >= 0.6 is 0 Å². The molecule has 1 atom stereocenters. The summed E-state index contributed by atoms with van der Waals surface area (Å²) in [5.41, 5.74) is 3.53. The molecular formula is C32H36N4O3. The van der Waals surface area contributed by atoms with Crippen molar-refractivity contribution in [2.75, 3.05) is 44.7 Å². The zero-order chi connectivity index (χ0) is 27.4. The number of nitrogens with one attached hydrogen (secondary N) is 1. The third kappa shape index (κ3) is 5.83. The number of benzene rings is 3. The van der Waals surface area contributed by atoms with Gasteiger partial charge in [-0.1, -0.05) is 36.4 Å². The van der Waals surface area contributed by atoms with Crippen molar-refractivity contribution >= 4 is 22.4 Å². The molecule has 3 aromatic carbocycles. The van der Waals surface area contributed by atoms with Gasteiger partial charge in [-0.15, -0.1) is 0 Å². The Hall–Kier alpha value is -4.10. The number of anilines is 1. The fraction of sp³-hybridized carbons (Fsp3) is 0.312. The van der Waals surface area contributed by atoms with E-state index in [0.29, 0.717) is 40.4 Å². The van der Waals surface area contributed by atoms with Gasteiger partial charge in [0.2, 0.25) is 0 Å². The Morgan fingerprint density at radius 2 is 1.74 bits per heavy atom. The molecule has 202 valence electrons. The highest BCUT2D eigenvalue weighted by Gasteiger charge is 2.23. The highest BCUT2D eigenvalue weighted by Crippen LogP contribution is 2.22. The van der Waals surface area contributed by atoms with Gasteiger partial charge in [-0.05, 0) is 62.7 Å². The maximum absolute atomic E-state index is 13.3. The molecule has 1 saturated heterocycles. The SMILES string of the molecule is COc1cccc(-n2cc(C(=O)NCCCN3CCN(c4cccc(C)c4)[C@@H](C)C3)c3ccccc3c2=O)c1. The Balaban J connectivity index is 1.23. The van der Waals surface area contributed by atoms with Crippen LogP contribution in [0.1, 0.15) is 29.3 Å². The molecule has 1 aliphatic heterocycles. The summed E-state index contributed by atoms with van der Waals surface area (Å²) in [6.45, 7) is 8.90. The van der Waals surface area contributed by atoms with Crippen LogP contribution in [-0.4, -0.2) is 61.2 Å².